The van der Waals surface area contributed by atoms with Crippen LogP contribution in [0, 0.1) is 5.82 Å². The van der Waals surface area contributed by atoms with Crippen LogP contribution < -0.4 is 9.62 Å². The Morgan fingerprint density at radius 2 is 1.67 bits per heavy atom. The lowest BCUT2D eigenvalue weighted by Gasteiger charge is -2.32. The van der Waals surface area contributed by atoms with E-state index in [0.29, 0.717) is 6.42 Å². The summed E-state index contributed by atoms with van der Waals surface area (Å²) in [6, 6.07) is 13.6. The van der Waals surface area contributed by atoms with Crippen molar-refractivity contribution in [1.82, 2.24) is 10.2 Å². The Kier molecular flexibility index (Phi) is 7.93. The number of hydrogen-bond donors (Lipinski definition) is 1. The number of rotatable bonds is 9. The summed E-state index contributed by atoms with van der Waals surface area (Å²) in [6.45, 7) is 1.25. The van der Waals surface area contributed by atoms with Crippen molar-refractivity contribution in [3.8, 4) is 0 Å². The van der Waals surface area contributed by atoms with Gasteiger partial charge in [0.1, 0.15) is 18.4 Å². The molecule has 0 aromatic heterocycles. The molecule has 2 aromatic rings. The number of halogens is 1. The molecule has 1 N–H and O–H groups in total. The molecule has 0 heterocycles. The molecule has 0 saturated carbocycles. The predicted octanol–water partition coefficient (Wildman–Crippen LogP) is 2.15. The van der Waals surface area contributed by atoms with Crippen LogP contribution in [0.15, 0.2) is 54.6 Å². The highest BCUT2D eigenvalue weighted by molar-refractivity contribution is 7.92. The maximum absolute atomic E-state index is 14.3. The van der Waals surface area contributed by atoms with Gasteiger partial charge in [-0.25, -0.2) is 12.8 Å². The summed E-state index contributed by atoms with van der Waals surface area (Å²) in [5, 5.41) is 2.54. The molecule has 2 aromatic carbocycles. The molecule has 0 spiro atoms. The van der Waals surface area contributed by atoms with Gasteiger partial charge in [-0.3, -0.25) is 13.9 Å². The molecule has 0 aliphatic rings. The fourth-order valence-corrected chi connectivity index (χ4v) is 3.97. The molecule has 0 bridgehead atoms. The average molecular weight is 436 g/mol. The third-order valence-corrected chi connectivity index (χ3v) is 5.75. The maximum Gasteiger partial charge on any atom is 0.244 e. The van der Waals surface area contributed by atoms with Crippen LogP contribution in [0.25, 0.3) is 0 Å². The van der Waals surface area contributed by atoms with Crippen LogP contribution in [0.4, 0.5) is 10.1 Å². The fourth-order valence-electron chi connectivity index (χ4n) is 3.11. The van der Waals surface area contributed by atoms with Crippen LogP contribution in [0.5, 0.6) is 0 Å². The van der Waals surface area contributed by atoms with E-state index < -0.39 is 34.3 Å². The number of hydrogen-bond acceptors (Lipinski definition) is 4. The van der Waals surface area contributed by atoms with Crippen LogP contribution in [0.2, 0.25) is 0 Å². The first-order valence-electron chi connectivity index (χ1n) is 9.46. The normalized spacial score (nSPS) is 12.1. The molecule has 1 atom stereocenters. The predicted molar refractivity (Wildman–Crippen MR) is 114 cm³/mol. The Labute approximate surface area is 176 Å². The van der Waals surface area contributed by atoms with E-state index in [0.717, 1.165) is 22.2 Å². The molecule has 30 heavy (non-hydrogen) atoms. The number of benzene rings is 2. The highest BCUT2D eigenvalue weighted by atomic mass is 32.2. The molecular weight excluding hydrogens is 409 g/mol. The lowest BCUT2D eigenvalue weighted by molar-refractivity contribution is -0.140. The SMILES string of the molecule is CC[C@@H](C(=O)NC)N(Cc1ccccc1)C(=O)CN(c1ccccc1F)S(C)(=O)=O. The summed E-state index contributed by atoms with van der Waals surface area (Å²) >= 11 is 0. The molecule has 0 saturated heterocycles. The second-order valence-corrected chi connectivity index (χ2v) is 8.67. The van der Waals surface area contributed by atoms with Gasteiger partial charge in [-0.1, -0.05) is 49.4 Å². The van der Waals surface area contributed by atoms with Crippen molar-refractivity contribution in [3.63, 3.8) is 0 Å². The maximum atomic E-state index is 14.3. The number of carbonyl (C=O) groups excluding carboxylic acids is 2. The summed E-state index contributed by atoms with van der Waals surface area (Å²) in [5.41, 5.74) is 0.561. The van der Waals surface area contributed by atoms with E-state index >= 15 is 0 Å². The van der Waals surface area contributed by atoms with Gasteiger partial charge in [-0.15, -0.1) is 0 Å². The van der Waals surface area contributed by atoms with E-state index in [4.69, 9.17) is 0 Å². The lowest BCUT2D eigenvalue weighted by atomic mass is 10.1. The standard InChI is InChI=1S/C21H26FN3O4S/c1-4-18(21(27)23-2)24(14-16-10-6-5-7-11-16)20(26)15-25(30(3,28)29)19-13-9-8-12-17(19)22/h5-13,18H,4,14-15H2,1-3H3,(H,23,27)/t18-/m0/s1. The van der Waals surface area contributed by atoms with E-state index in [2.05, 4.69) is 5.32 Å². The van der Waals surface area contributed by atoms with Crippen LogP contribution >= 0.6 is 0 Å². The molecular formula is C21H26FN3O4S. The zero-order valence-corrected chi connectivity index (χ0v) is 18.0. The van der Waals surface area contributed by atoms with Gasteiger partial charge in [0.2, 0.25) is 21.8 Å². The van der Waals surface area contributed by atoms with E-state index in [1.54, 1.807) is 19.1 Å². The van der Waals surface area contributed by atoms with E-state index in [1.165, 1.54) is 30.1 Å². The van der Waals surface area contributed by atoms with E-state index in [-0.39, 0.29) is 18.1 Å². The minimum absolute atomic E-state index is 0.112. The highest BCUT2D eigenvalue weighted by Gasteiger charge is 2.31. The minimum Gasteiger partial charge on any atom is -0.357 e. The van der Waals surface area contributed by atoms with Gasteiger partial charge in [0.25, 0.3) is 0 Å². The van der Waals surface area contributed by atoms with Crippen molar-refractivity contribution >= 4 is 27.5 Å². The van der Waals surface area contributed by atoms with Gasteiger partial charge in [0.05, 0.1) is 11.9 Å². The topological polar surface area (TPSA) is 86.8 Å². The Morgan fingerprint density at radius 1 is 1.07 bits per heavy atom. The van der Waals surface area contributed by atoms with Crippen molar-refractivity contribution in [2.24, 2.45) is 0 Å². The number of anilines is 1. The second kappa shape index (κ2) is 10.2. The monoisotopic (exact) mass is 435 g/mol. The number of para-hydroxylation sites is 1. The highest BCUT2D eigenvalue weighted by Crippen LogP contribution is 2.22. The first kappa shape index (κ1) is 23.3. The van der Waals surface area contributed by atoms with Crippen LogP contribution in [0.3, 0.4) is 0 Å². The fraction of sp³-hybridized carbons (Fsp3) is 0.333. The smallest absolute Gasteiger partial charge is 0.244 e. The number of carbonyl (C=O) groups is 2. The molecule has 2 amide bonds. The molecule has 9 heteroatoms. The van der Waals surface area contributed by atoms with Crippen LogP contribution in [-0.4, -0.2) is 51.0 Å². The quantitative estimate of drug-likeness (QED) is 0.654. The van der Waals surface area contributed by atoms with Gasteiger partial charge in [0, 0.05) is 13.6 Å². The van der Waals surface area contributed by atoms with Crippen LogP contribution in [0.1, 0.15) is 18.9 Å². The van der Waals surface area contributed by atoms with Crippen molar-refractivity contribution in [3.05, 3.63) is 66.0 Å². The summed E-state index contributed by atoms with van der Waals surface area (Å²) in [5.74, 6) is -1.73. The summed E-state index contributed by atoms with van der Waals surface area (Å²) in [4.78, 5) is 26.9. The van der Waals surface area contributed by atoms with Crippen LogP contribution in [-0.2, 0) is 26.2 Å². The Bertz CT molecular complexity index is 983. The number of likely N-dealkylation sites (N-methyl/N-ethyl adjacent to an activating group) is 1. The zero-order valence-electron chi connectivity index (χ0n) is 17.2. The molecule has 0 radical (unpaired) electrons. The van der Waals surface area contributed by atoms with Gasteiger partial charge < -0.3 is 10.2 Å². The third-order valence-electron chi connectivity index (χ3n) is 4.63. The van der Waals surface area contributed by atoms with E-state index in [1.807, 2.05) is 18.2 Å². The van der Waals surface area contributed by atoms with Crippen molar-refractivity contribution in [2.45, 2.75) is 25.9 Å². The third kappa shape index (κ3) is 5.79. The zero-order chi connectivity index (χ0) is 22.3. The van der Waals surface area contributed by atoms with Crippen molar-refractivity contribution < 1.29 is 22.4 Å². The van der Waals surface area contributed by atoms with Gasteiger partial charge in [0.15, 0.2) is 0 Å². The average Bonchev–Trinajstić information content (AvgIpc) is 2.72. The molecule has 0 unspecified atom stereocenters. The van der Waals surface area contributed by atoms with Gasteiger partial charge in [-0.2, -0.15) is 0 Å². The second-order valence-electron chi connectivity index (χ2n) is 6.77. The molecule has 2 rings (SSSR count). The first-order chi connectivity index (χ1) is 14.2. The Morgan fingerprint density at radius 3 is 2.20 bits per heavy atom. The number of amides is 2. The van der Waals surface area contributed by atoms with Gasteiger partial charge in [-0.05, 0) is 24.1 Å². The largest absolute Gasteiger partial charge is 0.357 e. The molecule has 162 valence electrons. The van der Waals surface area contributed by atoms with E-state index in [9.17, 15) is 22.4 Å². The molecule has 0 fully saturated rings. The number of nitrogens with zero attached hydrogens (tertiary/aromatic N) is 2. The molecule has 0 aliphatic carbocycles. The Hall–Kier alpha value is -2.94. The molecule has 0 aliphatic heterocycles. The number of sulfonamides is 1. The van der Waals surface area contributed by atoms with Crippen molar-refractivity contribution in [1.29, 1.82) is 0 Å². The van der Waals surface area contributed by atoms with Crippen molar-refractivity contribution in [2.75, 3.05) is 24.2 Å². The summed E-state index contributed by atoms with van der Waals surface area (Å²) < 4.78 is 39.7. The first-order valence-corrected chi connectivity index (χ1v) is 11.3. The summed E-state index contributed by atoms with van der Waals surface area (Å²) in [7, 11) is -2.48. The molecule has 7 nitrogen and oxygen atoms in total. The van der Waals surface area contributed by atoms with Gasteiger partial charge >= 0.3 is 0 Å². The summed E-state index contributed by atoms with van der Waals surface area (Å²) in [6.07, 6.45) is 1.24. The minimum atomic E-state index is -3.95. The Balaban J connectivity index is 2.42. The lowest BCUT2D eigenvalue weighted by Crippen LogP contribution is -2.51. The number of nitrogens with one attached hydrogen (secondary N) is 1.